The van der Waals surface area contributed by atoms with Crippen molar-refractivity contribution in [2.45, 2.75) is 0 Å². The molecule has 0 bridgehead atoms. The van der Waals surface area contributed by atoms with Gasteiger partial charge in [-0.1, -0.05) is 30.3 Å². The molecule has 2 nitrogen and oxygen atoms in total. The van der Waals surface area contributed by atoms with Gasteiger partial charge in [-0.3, -0.25) is 0 Å². The van der Waals surface area contributed by atoms with Crippen molar-refractivity contribution in [1.82, 2.24) is 0 Å². The third-order valence-corrected chi connectivity index (χ3v) is 2.84. The number of anilines is 3. The van der Waals surface area contributed by atoms with Crippen LogP contribution in [-0.2, 0) is 0 Å². The molecule has 16 heavy (non-hydrogen) atoms. The molecular weight excluding hydrogens is 196 g/mol. The van der Waals surface area contributed by atoms with E-state index in [9.17, 15) is 0 Å². The highest BCUT2D eigenvalue weighted by Crippen LogP contribution is 2.41. The zero-order valence-corrected chi connectivity index (χ0v) is 9.17. The molecule has 0 amide bonds. The van der Waals surface area contributed by atoms with E-state index in [1.165, 1.54) is 17.1 Å². The summed E-state index contributed by atoms with van der Waals surface area (Å²) >= 11 is 0. The minimum atomic E-state index is 1.19. The first kappa shape index (κ1) is 9.28. The molecule has 0 saturated heterocycles. The van der Waals surface area contributed by atoms with Gasteiger partial charge in [0.2, 0.25) is 0 Å². The maximum Gasteiger partial charge on any atom is 0.146 e. The lowest BCUT2D eigenvalue weighted by atomic mass is 10.2. The molecule has 1 heterocycles. The first-order valence-electron chi connectivity index (χ1n) is 5.37. The Balaban J connectivity index is 2.07. The average Bonchev–Trinajstić information content (AvgIpc) is 2.69. The molecule has 2 heteroatoms. The Morgan fingerprint density at radius 3 is 2.12 bits per heavy atom. The van der Waals surface area contributed by atoms with Gasteiger partial charge in [-0.2, -0.15) is 0 Å². The molecule has 2 aromatic rings. The van der Waals surface area contributed by atoms with Gasteiger partial charge in [0, 0.05) is 12.7 Å². The van der Waals surface area contributed by atoms with Crippen LogP contribution >= 0.6 is 0 Å². The second-order valence-corrected chi connectivity index (χ2v) is 3.92. The SMILES string of the molecule is CN1[CH]N(c2ccccc2)c2ccccc21. The van der Waals surface area contributed by atoms with Crippen molar-refractivity contribution in [3.8, 4) is 0 Å². The molecular formula is C14H13N2. The van der Waals surface area contributed by atoms with Crippen molar-refractivity contribution in [3.63, 3.8) is 0 Å². The van der Waals surface area contributed by atoms with E-state index in [0.717, 1.165) is 0 Å². The van der Waals surface area contributed by atoms with Crippen molar-refractivity contribution in [3.05, 3.63) is 61.3 Å². The summed E-state index contributed by atoms with van der Waals surface area (Å²) in [5.41, 5.74) is 3.67. The number of fused-ring (bicyclic) bond motifs is 1. The number of para-hydroxylation sites is 3. The Labute approximate surface area is 95.7 Å². The van der Waals surface area contributed by atoms with Crippen molar-refractivity contribution in [1.29, 1.82) is 0 Å². The van der Waals surface area contributed by atoms with E-state index in [4.69, 9.17) is 0 Å². The molecule has 0 atom stereocenters. The monoisotopic (exact) mass is 209 g/mol. The molecule has 0 aliphatic carbocycles. The second kappa shape index (κ2) is 3.56. The first-order chi connectivity index (χ1) is 7.86. The summed E-state index contributed by atoms with van der Waals surface area (Å²) in [6, 6.07) is 18.8. The lowest BCUT2D eigenvalue weighted by Crippen LogP contribution is -2.17. The van der Waals surface area contributed by atoms with E-state index in [1.807, 2.05) is 6.07 Å². The number of benzene rings is 2. The van der Waals surface area contributed by atoms with Crippen molar-refractivity contribution in [2.75, 3.05) is 16.8 Å². The van der Waals surface area contributed by atoms with Crippen LogP contribution in [0.5, 0.6) is 0 Å². The summed E-state index contributed by atoms with van der Waals surface area (Å²) in [6.45, 7) is 2.11. The predicted molar refractivity (Wildman–Crippen MR) is 67.7 cm³/mol. The van der Waals surface area contributed by atoms with Crippen LogP contribution in [0.1, 0.15) is 0 Å². The van der Waals surface area contributed by atoms with E-state index in [-0.39, 0.29) is 0 Å². The zero-order chi connectivity index (χ0) is 11.0. The molecule has 0 spiro atoms. The average molecular weight is 209 g/mol. The molecule has 0 N–H and O–H groups in total. The molecule has 0 saturated carbocycles. The molecule has 1 radical (unpaired) electrons. The maximum absolute atomic E-state index is 2.20. The third-order valence-electron chi connectivity index (χ3n) is 2.84. The second-order valence-electron chi connectivity index (χ2n) is 3.92. The third kappa shape index (κ3) is 1.34. The summed E-state index contributed by atoms with van der Waals surface area (Å²) < 4.78 is 0. The summed E-state index contributed by atoms with van der Waals surface area (Å²) in [6.07, 6.45) is 0. The van der Waals surface area contributed by atoms with Gasteiger partial charge >= 0.3 is 0 Å². The van der Waals surface area contributed by atoms with Gasteiger partial charge in [-0.05, 0) is 24.3 Å². The van der Waals surface area contributed by atoms with Crippen LogP contribution in [0.3, 0.4) is 0 Å². The summed E-state index contributed by atoms with van der Waals surface area (Å²) in [7, 11) is 2.07. The largest absolute Gasteiger partial charge is 0.349 e. The highest BCUT2D eigenvalue weighted by Gasteiger charge is 2.24. The van der Waals surface area contributed by atoms with Crippen molar-refractivity contribution >= 4 is 17.1 Å². The maximum atomic E-state index is 2.20. The molecule has 79 valence electrons. The van der Waals surface area contributed by atoms with Crippen LogP contribution in [0.4, 0.5) is 17.1 Å². The van der Waals surface area contributed by atoms with Gasteiger partial charge in [-0.15, -0.1) is 0 Å². The normalized spacial score (nSPS) is 14.1. The molecule has 0 unspecified atom stereocenters. The zero-order valence-electron chi connectivity index (χ0n) is 9.17. The summed E-state index contributed by atoms with van der Waals surface area (Å²) in [4.78, 5) is 4.34. The van der Waals surface area contributed by atoms with E-state index < -0.39 is 0 Å². The fourth-order valence-corrected chi connectivity index (χ4v) is 2.06. The Morgan fingerprint density at radius 1 is 0.750 bits per heavy atom. The van der Waals surface area contributed by atoms with Gasteiger partial charge in [0.15, 0.2) is 0 Å². The number of rotatable bonds is 1. The molecule has 3 rings (SSSR count). The van der Waals surface area contributed by atoms with Gasteiger partial charge in [0.05, 0.1) is 11.4 Å². The summed E-state index contributed by atoms with van der Waals surface area (Å²) in [5.74, 6) is 0. The van der Waals surface area contributed by atoms with E-state index in [2.05, 4.69) is 72.0 Å². The Morgan fingerprint density at radius 2 is 1.38 bits per heavy atom. The highest BCUT2D eigenvalue weighted by molar-refractivity contribution is 5.84. The standard InChI is InChI=1S/C14H13N2/c1-15-11-16(12-7-3-2-4-8-12)14-10-6-5-9-13(14)15/h2-11H,1H3. The minimum Gasteiger partial charge on any atom is -0.349 e. The molecule has 0 aromatic heterocycles. The van der Waals surface area contributed by atoms with Crippen LogP contribution in [0, 0.1) is 6.67 Å². The number of hydrogen-bond acceptors (Lipinski definition) is 2. The predicted octanol–water partition coefficient (Wildman–Crippen LogP) is 3.39. The molecule has 1 aliphatic heterocycles. The van der Waals surface area contributed by atoms with Crippen LogP contribution < -0.4 is 9.80 Å². The van der Waals surface area contributed by atoms with E-state index in [1.54, 1.807) is 0 Å². The van der Waals surface area contributed by atoms with Crippen molar-refractivity contribution < 1.29 is 0 Å². The van der Waals surface area contributed by atoms with Crippen LogP contribution in [0.2, 0.25) is 0 Å². The summed E-state index contributed by atoms with van der Waals surface area (Å²) in [5, 5.41) is 0. The molecule has 2 aromatic carbocycles. The Hall–Kier alpha value is -1.96. The quantitative estimate of drug-likeness (QED) is 0.710. The van der Waals surface area contributed by atoms with Gasteiger partial charge < -0.3 is 9.80 Å². The highest BCUT2D eigenvalue weighted by atomic mass is 15.4. The van der Waals surface area contributed by atoms with E-state index in [0.29, 0.717) is 0 Å². The molecule has 0 fully saturated rings. The lowest BCUT2D eigenvalue weighted by Gasteiger charge is -2.18. The Bertz CT molecular complexity index is 493. The molecule has 1 aliphatic rings. The topological polar surface area (TPSA) is 6.48 Å². The van der Waals surface area contributed by atoms with E-state index >= 15 is 0 Å². The van der Waals surface area contributed by atoms with Crippen LogP contribution in [0.25, 0.3) is 0 Å². The van der Waals surface area contributed by atoms with Crippen LogP contribution in [-0.4, -0.2) is 7.05 Å². The lowest BCUT2D eigenvalue weighted by molar-refractivity contribution is 1.08. The minimum absolute atomic E-state index is 1.19. The van der Waals surface area contributed by atoms with Gasteiger partial charge in [0.25, 0.3) is 0 Å². The number of hydrogen-bond donors (Lipinski definition) is 0. The van der Waals surface area contributed by atoms with Gasteiger partial charge in [0.1, 0.15) is 6.67 Å². The smallest absolute Gasteiger partial charge is 0.146 e. The van der Waals surface area contributed by atoms with Crippen molar-refractivity contribution in [2.24, 2.45) is 0 Å². The first-order valence-corrected chi connectivity index (χ1v) is 5.37. The fourth-order valence-electron chi connectivity index (χ4n) is 2.06. The fraction of sp³-hybridized carbons (Fsp3) is 0.0714. The van der Waals surface area contributed by atoms with Gasteiger partial charge in [-0.25, -0.2) is 0 Å². The number of nitrogens with zero attached hydrogens (tertiary/aromatic N) is 2. The Kier molecular flexibility index (Phi) is 2.07. The van der Waals surface area contributed by atoms with Crippen LogP contribution in [0.15, 0.2) is 54.6 Å².